The molecular formula is C15H23N3O2. The van der Waals surface area contributed by atoms with Crippen molar-refractivity contribution in [2.24, 2.45) is 0 Å². The van der Waals surface area contributed by atoms with Crippen molar-refractivity contribution in [3.63, 3.8) is 0 Å². The molecule has 0 aromatic carbocycles. The smallest absolute Gasteiger partial charge is 0.325 e. The van der Waals surface area contributed by atoms with Gasteiger partial charge in [0, 0.05) is 17.7 Å². The molecule has 0 spiro atoms. The quantitative estimate of drug-likeness (QED) is 0.857. The number of hydrogen-bond acceptors (Lipinski definition) is 5. The van der Waals surface area contributed by atoms with Gasteiger partial charge in [-0.2, -0.15) is 0 Å². The highest BCUT2D eigenvalue weighted by molar-refractivity contribution is 5.74. The van der Waals surface area contributed by atoms with Gasteiger partial charge in [-0.3, -0.25) is 4.79 Å². The number of hydrogen-bond donors (Lipinski definition) is 1. The topological polar surface area (TPSA) is 64.1 Å². The summed E-state index contributed by atoms with van der Waals surface area (Å²) in [4.78, 5) is 20.1. The van der Waals surface area contributed by atoms with Gasteiger partial charge in [-0.05, 0) is 33.6 Å². The molecule has 110 valence electrons. The molecule has 1 aromatic rings. The molecule has 0 radical (unpaired) electrons. The Morgan fingerprint density at radius 3 is 2.70 bits per heavy atom. The van der Waals surface area contributed by atoms with Crippen LogP contribution < -0.4 is 5.32 Å². The summed E-state index contributed by atoms with van der Waals surface area (Å²) in [5.74, 6) is 0.950. The first-order valence-corrected chi connectivity index (χ1v) is 7.22. The van der Waals surface area contributed by atoms with E-state index in [9.17, 15) is 4.79 Å². The van der Waals surface area contributed by atoms with Crippen molar-refractivity contribution in [1.29, 1.82) is 0 Å². The van der Waals surface area contributed by atoms with Gasteiger partial charge in [0.25, 0.3) is 0 Å². The third-order valence-corrected chi connectivity index (χ3v) is 3.30. The van der Waals surface area contributed by atoms with Crippen LogP contribution in [-0.4, -0.2) is 28.1 Å². The first kappa shape index (κ1) is 14.8. The standard InChI is InChI=1S/C15H23N3O2/c1-15(2,3)20-14(19)9-16-13-8-12(17-10-18-13)11-6-4-5-7-11/h8,10-11H,4-7,9H2,1-3H3,(H,16,17,18). The first-order chi connectivity index (χ1) is 9.44. The zero-order chi connectivity index (χ0) is 14.6. The predicted molar refractivity (Wildman–Crippen MR) is 77.6 cm³/mol. The van der Waals surface area contributed by atoms with E-state index < -0.39 is 5.60 Å². The molecule has 0 atom stereocenters. The third kappa shape index (κ3) is 4.47. The summed E-state index contributed by atoms with van der Waals surface area (Å²) < 4.78 is 5.24. The maximum Gasteiger partial charge on any atom is 0.325 e. The summed E-state index contributed by atoms with van der Waals surface area (Å²) in [7, 11) is 0. The van der Waals surface area contributed by atoms with Crippen LogP contribution in [0.1, 0.15) is 58.1 Å². The van der Waals surface area contributed by atoms with Gasteiger partial charge in [0.1, 0.15) is 24.3 Å². The van der Waals surface area contributed by atoms with Gasteiger partial charge >= 0.3 is 5.97 Å². The Labute approximate surface area is 120 Å². The summed E-state index contributed by atoms with van der Waals surface area (Å²) in [5.41, 5.74) is 0.614. The van der Waals surface area contributed by atoms with Crippen LogP contribution in [0.4, 0.5) is 5.82 Å². The van der Waals surface area contributed by atoms with Gasteiger partial charge in [-0.25, -0.2) is 9.97 Å². The van der Waals surface area contributed by atoms with E-state index in [0.717, 1.165) is 5.69 Å². The molecule has 1 aliphatic carbocycles. The lowest BCUT2D eigenvalue weighted by Gasteiger charge is -2.19. The van der Waals surface area contributed by atoms with Gasteiger partial charge < -0.3 is 10.1 Å². The number of ether oxygens (including phenoxy) is 1. The minimum Gasteiger partial charge on any atom is -0.459 e. The van der Waals surface area contributed by atoms with E-state index in [0.29, 0.717) is 11.7 Å². The van der Waals surface area contributed by atoms with Crippen molar-refractivity contribution >= 4 is 11.8 Å². The summed E-state index contributed by atoms with van der Waals surface area (Å²) in [6.07, 6.45) is 6.50. The fourth-order valence-corrected chi connectivity index (χ4v) is 2.45. The Morgan fingerprint density at radius 2 is 2.05 bits per heavy atom. The number of carbonyl (C=O) groups is 1. The SMILES string of the molecule is CC(C)(C)OC(=O)CNc1cc(C2CCCC2)ncn1. The molecule has 0 amide bonds. The summed E-state index contributed by atoms with van der Waals surface area (Å²) in [6, 6.07) is 1.94. The molecule has 5 nitrogen and oxygen atoms in total. The first-order valence-electron chi connectivity index (χ1n) is 7.22. The van der Waals surface area contributed by atoms with Crippen LogP contribution in [0.5, 0.6) is 0 Å². The summed E-state index contributed by atoms with van der Waals surface area (Å²) in [6.45, 7) is 5.69. The van der Waals surface area contributed by atoms with Crippen molar-refractivity contribution in [2.75, 3.05) is 11.9 Å². The molecule has 1 heterocycles. The molecular weight excluding hydrogens is 254 g/mol. The van der Waals surface area contributed by atoms with E-state index in [1.165, 1.54) is 25.7 Å². The average Bonchev–Trinajstić information content (AvgIpc) is 2.88. The summed E-state index contributed by atoms with van der Waals surface area (Å²) in [5, 5.41) is 3.01. The highest BCUT2D eigenvalue weighted by Gasteiger charge is 2.19. The lowest BCUT2D eigenvalue weighted by Crippen LogP contribution is -2.28. The highest BCUT2D eigenvalue weighted by atomic mass is 16.6. The molecule has 0 saturated heterocycles. The van der Waals surface area contributed by atoms with Crippen molar-refractivity contribution in [1.82, 2.24) is 9.97 Å². The molecule has 1 aliphatic rings. The number of rotatable bonds is 4. The van der Waals surface area contributed by atoms with Gasteiger partial charge in [-0.1, -0.05) is 12.8 Å². The minimum absolute atomic E-state index is 0.123. The molecule has 0 bridgehead atoms. The van der Waals surface area contributed by atoms with E-state index in [1.807, 2.05) is 26.8 Å². The van der Waals surface area contributed by atoms with Crippen molar-refractivity contribution in [3.05, 3.63) is 18.1 Å². The lowest BCUT2D eigenvalue weighted by molar-refractivity contribution is -0.152. The van der Waals surface area contributed by atoms with Crippen molar-refractivity contribution in [2.45, 2.75) is 58.0 Å². The largest absolute Gasteiger partial charge is 0.459 e. The van der Waals surface area contributed by atoms with Crippen LogP contribution in [0.2, 0.25) is 0 Å². The Morgan fingerprint density at radius 1 is 1.35 bits per heavy atom. The molecule has 5 heteroatoms. The second-order valence-corrected chi connectivity index (χ2v) is 6.25. The number of anilines is 1. The Kier molecular flexibility index (Phi) is 4.57. The molecule has 0 aliphatic heterocycles. The number of nitrogens with one attached hydrogen (secondary N) is 1. The highest BCUT2D eigenvalue weighted by Crippen LogP contribution is 2.33. The molecule has 0 unspecified atom stereocenters. The Bertz CT molecular complexity index is 462. The van der Waals surface area contributed by atoms with Crippen LogP contribution >= 0.6 is 0 Å². The number of aromatic nitrogens is 2. The van der Waals surface area contributed by atoms with Gasteiger partial charge in [0.15, 0.2) is 0 Å². The zero-order valence-electron chi connectivity index (χ0n) is 12.5. The number of esters is 1. The average molecular weight is 277 g/mol. The fourth-order valence-electron chi connectivity index (χ4n) is 2.45. The van der Waals surface area contributed by atoms with E-state index in [-0.39, 0.29) is 12.5 Å². The minimum atomic E-state index is -0.459. The molecule has 20 heavy (non-hydrogen) atoms. The third-order valence-electron chi connectivity index (χ3n) is 3.30. The maximum absolute atomic E-state index is 11.6. The maximum atomic E-state index is 11.6. The van der Waals surface area contributed by atoms with Crippen LogP contribution in [-0.2, 0) is 9.53 Å². The Hall–Kier alpha value is -1.65. The molecule has 1 aromatic heterocycles. The number of carbonyl (C=O) groups excluding carboxylic acids is 1. The lowest BCUT2D eigenvalue weighted by atomic mass is 10.0. The zero-order valence-corrected chi connectivity index (χ0v) is 12.5. The van der Waals surface area contributed by atoms with E-state index in [2.05, 4.69) is 15.3 Å². The van der Waals surface area contributed by atoms with Crippen LogP contribution in [0, 0.1) is 0 Å². The van der Waals surface area contributed by atoms with Gasteiger partial charge in [0.05, 0.1) is 0 Å². The fraction of sp³-hybridized carbons (Fsp3) is 0.667. The summed E-state index contributed by atoms with van der Waals surface area (Å²) >= 11 is 0. The normalized spacial score (nSPS) is 16.1. The Balaban J connectivity index is 1.90. The van der Waals surface area contributed by atoms with Crippen LogP contribution in [0.15, 0.2) is 12.4 Å². The van der Waals surface area contributed by atoms with Crippen LogP contribution in [0.25, 0.3) is 0 Å². The second kappa shape index (κ2) is 6.20. The molecule has 1 saturated carbocycles. The molecule has 1 fully saturated rings. The molecule has 2 rings (SSSR count). The van der Waals surface area contributed by atoms with Gasteiger partial charge in [0.2, 0.25) is 0 Å². The van der Waals surface area contributed by atoms with Crippen molar-refractivity contribution in [3.8, 4) is 0 Å². The monoisotopic (exact) mass is 277 g/mol. The van der Waals surface area contributed by atoms with E-state index in [1.54, 1.807) is 6.33 Å². The van der Waals surface area contributed by atoms with Crippen LogP contribution in [0.3, 0.4) is 0 Å². The predicted octanol–water partition coefficient (Wildman–Crippen LogP) is 2.89. The van der Waals surface area contributed by atoms with Gasteiger partial charge in [-0.15, -0.1) is 0 Å². The number of nitrogens with zero attached hydrogens (tertiary/aromatic N) is 2. The molecule has 1 N–H and O–H groups in total. The van der Waals surface area contributed by atoms with E-state index >= 15 is 0 Å². The van der Waals surface area contributed by atoms with E-state index in [4.69, 9.17) is 4.74 Å². The second-order valence-electron chi connectivity index (χ2n) is 6.25. The van der Waals surface area contributed by atoms with Crippen molar-refractivity contribution < 1.29 is 9.53 Å².